The first-order valence-electron chi connectivity index (χ1n) is 9.03. The number of esters is 1. The average molecular weight is 455 g/mol. The van der Waals surface area contributed by atoms with Crippen molar-refractivity contribution in [1.82, 2.24) is 10.1 Å². The third-order valence-corrected chi connectivity index (χ3v) is 4.58. The Morgan fingerprint density at radius 2 is 1.87 bits per heavy atom. The summed E-state index contributed by atoms with van der Waals surface area (Å²) in [7, 11) is 0. The smallest absolute Gasteiger partial charge is 0.416 e. The number of benzene rings is 2. The molecular formula is C20H14ClF3N2O5. The van der Waals surface area contributed by atoms with Gasteiger partial charge in [0, 0.05) is 5.56 Å². The van der Waals surface area contributed by atoms with Crippen LogP contribution in [0.4, 0.5) is 13.2 Å². The summed E-state index contributed by atoms with van der Waals surface area (Å²) in [5.74, 6) is 0.412. The van der Waals surface area contributed by atoms with Gasteiger partial charge in [-0.3, -0.25) is 4.79 Å². The molecule has 0 atom stereocenters. The summed E-state index contributed by atoms with van der Waals surface area (Å²) in [6, 6.07) is 7.54. The van der Waals surface area contributed by atoms with Crippen LogP contribution in [0.25, 0.3) is 11.4 Å². The fourth-order valence-corrected chi connectivity index (χ4v) is 3.15. The van der Waals surface area contributed by atoms with E-state index in [9.17, 15) is 18.0 Å². The maximum Gasteiger partial charge on any atom is 0.416 e. The highest BCUT2D eigenvalue weighted by molar-refractivity contribution is 6.32. The molecule has 162 valence electrons. The van der Waals surface area contributed by atoms with Crippen molar-refractivity contribution in [2.24, 2.45) is 0 Å². The van der Waals surface area contributed by atoms with E-state index in [1.807, 2.05) is 0 Å². The van der Waals surface area contributed by atoms with Gasteiger partial charge >= 0.3 is 12.1 Å². The van der Waals surface area contributed by atoms with E-state index in [0.29, 0.717) is 40.9 Å². The van der Waals surface area contributed by atoms with Crippen LogP contribution in [-0.2, 0) is 28.7 Å². The predicted octanol–water partition coefficient (Wildman–Crippen LogP) is 4.47. The van der Waals surface area contributed by atoms with Gasteiger partial charge in [0.1, 0.15) is 13.2 Å². The molecule has 1 aliphatic heterocycles. The number of hydrogen-bond donors (Lipinski definition) is 0. The lowest BCUT2D eigenvalue weighted by Crippen LogP contribution is -2.16. The molecule has 0 N–H and O–H groups in total. The summed E-state index contributed by atoms with van der Waals surface area (Å²) >= 11 is 6.15. The van der Waals surface area contributed by atoms with Gasteiger partial charge in [-0.1, -0.05) is 28.9 Å². The van der Waals surface area contributed by atoms with E-state index in [4.69, 9.17) is 30.3 Å². The van der Waals surface area contributed by atoms with Crippen molar-refractivity contribution in [3.8, 4) is 22.9 Å². The second kappa shape index (κ2) is 8.46. The van der Waals surface area contributed by atoms with Gasteiger partial charge in [0.2, 0.25) is 5.82 Å². The summed E-state index contributed by atoms with van der Waals surface area (Å²) in [5, 5.41) is 4.03. The Hall–Kier alpha value is -3.27. The first kappa shape index (κ1) is 21.0. The molecule has 1 aliphatic rings. The normalized spacial score (nSPS) is 13.2. The molecule has 0 fully saturated rings. The topological polar surface area (TPSA) is 83.7 Å². The van der Waals surface area contributed by atoms with Crippen LogP contribution in [0.1, 0.15) is 17.0 Å². The van der Waals surface area contributed by atoms with Gasteiger partial charge in [-0.15, -0.1) is 0 Å². The average Bonchev–Trinajstić information content (AvgIpc) is 3.21. The molecule has 0 unspecified atom stereocenters. The zero-order chi connectivity index (χ0) is 22.0. The minimum atomic E-state index is -4.43. The molecule has 11 heteroatoms. The van der Waals surface area contributed by atoms with Gasteiger partial charge in [0.15, 0.2) is 18.1 Å². The van der Waals surface area contributed by atoms with Crippen molar-refractivity contribution in [2.45, 2.75) is 19.2 Å². The molecule has 0 saturated carbocycles. The Bertz CT molecular complexity index is 1100. The third-order valence-electron chi connectivity index (χ3n) is 4.30. The molecule has 3 aromatic rings. The molecule has 0 amide bonds. The van der Waals surface area contributed by atoms with Gasteiger partial charge in [0.25, 0.3) is 5.89 Å². The Balaban J connectivity index is 1.35. The van der Waals surface area contributed by atoms with E-state index < -0.39 is 17.7 Å². The monoisotopic (exact) mass is 454 g/mol. The van der Waals surface area contributed by atoms with Crippen LogP contribution >= 0.6 is 11.6 Å². The zero-order valence-electron chi connectivity index (χ0n) is 15.7. The zero-order valence-corrected chi connectivity index (χ0v) is 16.5. The number of hydrogen-bond acceptors (Lipinski definition) is 7. The highest BCUT2D eigenvalue weighted by Crippen LogP contribution is 2.38. The van der Waals surface area contributed by atoms with Gasteiger partial charge in [0.05, 0.1) is 17.0 Å². The molecular weight excluding hydrogens is 441 g/mol. The summed E-state index contributed by atoms with van der Waals surface area (Å²) in [4.78, 5) is 16.2. The van der Waals surface area contributed by atoms with Gasteiger partial charge < -0.3 is 18.7 Å². The summed E-state index contributed by atoms with van der Waals surface area (Å²) in [5.41, 5.74) is 0.128. The van der Waals surface area contributed by atoms with Crippen molar-refractivity contribution >= 4 is 17.6 Å². The number of ether oxygens (including phenoxy) is 3. The van der Waals surface area contributed by atoms with Crippen LogP contribution in [0.3, 0.4) is 0 Å². The molecule has 0 bridgehead atoms. The largest absolute Gasteiger partial charge is 0.486 e. The van der Waals surface area contributed by atoms with E-state index in [2.05, 4.69) is 10.1 Å². The van der Waals surface area contributed by atoms with E-state index in [0.717, 1.165) is 12.1 Å². The Labute approximate surface area is 178 Å². The highest BCUT2D eigenvalue weighted by Gasteiger charge is 2.30. The maximum atomic E-state index is 12.6. The Morgan fingerprint density at radius 3 is 2.61 bits per heavy atom. The van der Waals surface area contributed by atoms with Gasteiger partial charge in [-0.2, -0.15) is 18.2 Å². The Kier molecular flexibility index (Phi) is 5.73. The number of aromatic nitrogens is 2. The number of halogens is 4. The number of rotatable bonds is 5. The number of nitrogens with zero attached hydrogens (tertiary/aromatic N) is 2. The summed E-state index contributed by atoms with van der Waals surface area (Å²) < 4.78 is 59.0. The molecule has 0 spiro atoms. The SMILES string of the molecule is O=C(Cc1cc(Cl)c2c(c1)OCCO2)OCc1nc(-c2ccc(C(F)(F)F)cc2)no1. The van der Waals surface area contributed by atoms with Crippen molar-refractivity contribution < 1.29 is 36.7 Å². The van der Waals surface area contributed by atoms with Crippen LogP contribution in [0.5, 0.6) is 11.5 Å². The lowest BCUT2D eigenvalue weighted by atomic mass is 10.1. The van der Waals surface area contributed by atoms with Crippen LogP contribution in [-0.4, -0.2) is 29.3 Å². The van der Waals surface area contributed by atoms with E-state index >= 15 is 0 Å². The Morgan fingerprint density at radius 1 is 1.13 bits per heavy atom. The number of fused-ring (bicyclic) bond motifs is 1. The number of carbonyl (C=O) groups excluding carboxylic acids is 1. The van der Waals surface area contributed by atoms with Crippen LogP contribution in [0, 0.1) is 0 Å². The lowest BCUT2D eigenvalue weighted by molar-refractivity contribution is -0.145. The summed E-state index contributed by atoms with van der Waals surface area (Å²) in [6.45, 7) is 0.493. The molecule has 31 heavy (non-hydrogen) atoms. The highest BCUT2D eigenvalue weighted by atomic mass is 35.5. The molecule has 4 rings (SSSR count). The third kappa shape index (κ3) is 4.91. The quantitative estimate of drug-likeness (QED) is 0.526. The standard InChI is InChI=1S/C20H14ClF3N2O5/c21-14-7-11(8-15-18(14)29-6-5-28-15)9-17(27)30-10-16-25-19(26-31-16)12-1-3-13(4-2-12)20(22,23)24/h1-4,7-8H,5-6,9-10H2. The summed E-state index contributed by atoms with van der Waals surface area (Å²) in [6.07, 6.45) is -4.51. The van der Waals surface area contributed by atoms with E-state index in [-0.39, 0.29) is 24.7 Å². The molecule has 2 aromatic carbocycles. The molecule has 0 saturated heterocycles. The fraction of sp³-hybridized carbons (Fsp3) is 0.250. The first-order valence-corrected chi connectivity index (χ1v) is 9.41. The minimum Gasteiger partial charge on any atom is -0.486 e. The van der Waals surface area contributed by atoms with E-state index in [1.165, 1.54) is 12.1 Å². The minimum absolute atomic E-state index is 0.00320. The fourth-order valence-electron chi connectivity index (χ4n) is 2.87. The molecule has 1 aromatic heterocycles. The molecule has 7 nitrogen and oxygen atoms in total. The van der Waals surface area contributed by atoms with Gasteiger partial charge in [-0.05, 0) is 29.8 Å². The second-order valence-corrected chi connectivity index (χ2v) is 6.93. The van der Waals surface area contributed by atoms with Crippen molar-refractivity contribution in [2.75, 3.05) is 13.2 Å². The van der Waals surface area contributed by atoms with Crippen LogP contribution < -0.4 is 9.47 Å². The molecule has 2 heterocycles. The van der Waals surface area contributed by atoms with E-state index in [1.54, 1.807) is 12.1 Å². The first-order chi connectivity index (χ1) is 14.8. The van der Waals surface area contributed by atoms with Crippen molar-refractivity contribution in [1.29, 1.82) is 0 Å². The van der Waals surface area contributed by atoms with Crippen LogP contribution in [0.15, 0.2) is 40.9 Å². The lowest BCUT2D eigenvalue weighted by Gasteiger charge is -2.20. The molecule has 0 aliphatic carbocycles. The maximum absolute atomic E-state index is 12.6. The number of alkyl halides is 3. The number of carbonyl (C=O) groups is 1. The van der Waals surface area contributed by atoms with Crippen LogP contribution in [0.2, 0.25) is 5.02 Å². The van der Waals surface area contributed by atoms with Crippen molar-refractivity contribution in [3.05, 3.63) is 58.4 Å². The molecule has 0 radical (unpaired) electrons. The second-order valence-electron chi connectivity index (χ2n) is 6.53. The predicted molar refractivity (Wildman–Crippen MR) is 101 cm³/mol. The van der Waals surface area contributed by atoms with Gasteiger partial charge in [-0.25, -0.2) is 0 Å². The van der Waals surface area contributed by atoms with Crippen molar-refractivity contribution in [3.63, 3.8) is 0 Å².